The first kappa shape index (κ1) is 12.0. The number of methoxy groups -OCH3 is 1. The lowest BCUT2D eigenvalue weighted by Crippen LogP contribution is -2.10. The molecule has 1 N–H and O–H groups in total. The van der Waals surface area contributed by atoms with E-state index in [0.29, 0.717) is 16.7 Å². The number of halogens is 2. The summed E-state index contributed by atoms with van der Waals surface area (Å²) in [5.41, 5.74) is 0.362. The van der Waals surface area contributed by atoms with Crippen LogP contribution in [-0.2, 0) is 9.53 Å². The quantitative estimate of drug-likeness (QED) is 0.859. The van der Waals surface area contributed by atoms with Crippen LogP contribution in [0.2, 0.25) is 0 Å². The molecular weight excluding hydrogens is 265 g/mol. The van der Waals surface area contributed by atoms with Gasteiger partial charge in [0.05, 0.1) is 19.2 Å². The van der Waals surface area contributed by atoms with Crippen molar-refractivity contribution in [1.29, 1.82) is 0 Å². The SMILES string of the molecule is COC(=O)CCNc1c(F)cccc1Br. The molecule has 0 amide bonds. The van der Waals surface area contributed by atoms with Crippen LogP contribution in [0, 0.1) is 5.82 Å². The third-order valence-corrected chi connectivity index (χ3v) is 2.48. The Balaban J connectivity index is 2.54. The van der Waals surface area contributed by atoms with E-state index in [0.717, 1.165) is 0 Å². The lowest BCUT2D eigenvalue weighted by Gasteiger charge is -2.08. The van der Waals surface area contributed by atoms with Gasteiger partial charge in [0.1, 0.15) is 5.82 Å². The Labute approximate surface area is 95.7 Å². The first-order valence-electron chi connectivity index (χ1n) is 4.40. The molecule has 1 rings (SSSR count). The van der Waals surface area contributed by atoms with E-state index in [-0.39, 0.29) is 18.2 Å². The molecule has 3 nitrogen and oxygen atoms in total. The Hall–Kier alpha value is -1.10. The van der Waals surface area contributed by atoms with Crippen LogP contribution in [0.3, 0.4) is 0 Å². The number of para-hydroxylation sites is 1. The van der Waals surface area contributed by atoms with Crippen LogP contribution in [0.25, 0.3) is 0 Å². The Kier molecular flexibility index (Phi) is 4.55. The van der Waals surface area contributed by atoms with E-state index in [2.05, 4.69) is 26.0 Å². The summed E-state index contributed by atoms with van der Waals surface area (Å²) in [7, 11) is 1.32. The maximum atomic E-state index is 13.2. The number of carbonyl (C=O) groups is 1. The standard InChI is InChI=1S/C10H11BrFNO2/c1-15-9(14)5-6-13-10-7(11)3-2-4-8(10)12/h2-4,13H,5-6H2,1H3. The molecule has 0 atom stereocenters. The van der Waals surface area contributed by atoms with Gasteiger partial charge in [-0.15, -0.1) is 0 Å². The summed E-state index contributed by atoms with van der Waals surface area (Å²) in [6, 6.07) is 4.68. The van der Waals surface area contributed by atoms with Crippen LogP contribution in [-0.4, -0.2) is 19.6 Å². The van der Waals surface area contributed by atoms with Gasteiger partial charge in [-0.25, -0.2) is 4.39 Å². The van der Waals surface area contributed by atoms with E-state index in [1.807, 2.05) is 0 Å². The summed E-state index contributed by atoms with van der Waals surface area (Å²) in [5.74, 6) is -0.677. The minimum atomic E-state index is -0.353. The molecule has 82 valence electrons. The van der Waals surface area contributed by atoms with Crippen LogP contribution in [0.5, 0.6) is 0 Å². The molecule has 0 aliphatic carbocycles. The summed E-state index contributed by atoms with van der Waals surface area (Å²) in [6.45, 7) is 0.339. The van der Waals surface area contributed by atoms with Gasteiger partial charge >= 0.3 is 5.97 Å². The molecule has 15 heavy (non-hydrogen) atoms. The second-order valence-corrected chi connectivity index (χ2v) is 3.70. The highest BCUT2D eigenvalue weighted by atomic mass is 79.9. The zero-order chi connectivity index (χ0) is 11.3. The van der Waals surface area contributed by atoms with E-state index in [4.69, 9.17) is 0 Å². The molecule has 5 heteroatoms. The summed E-state index contributed by atoms with van der Waals surface area (Å²) in [4.78, 5) is 10.8. The zero-order valence-corrected chi connectivity index (χ0v) is 9.80. The lowest BCUT2D eigenvalue weighted by molar-refractivity contribution is -0.140. The van der Waals surface area contributed by atoms with Crippen LogP contribution in [0.4, 0.5) is 10.1 Å². The Morgan fingerprint density at radius 3 is 2.93 bits per heavy atom. The van der Waals surface area contributed by atoms with Gasteiger partial charge in [-0.05, 0) is 28.1 Å². The Bertz CT molecular complexity index is 337. The maximum absolute atomic E-state index is 13.2. The fourth-order valence-electron chi connectivity index (χ4n) is 1.06. The monoisotopic (exact) mass is 275 g/mol. The first-order chi connectivity index (χ1) is 7.15. The summed E-state index contributed by atoms with van der Waals surface area (Å²) in [5, 5.41) is 2.82. The molecule has 0 spiro atoms. The Morgan fingerprint density at radius 1 is 1.60 bits per heavy atom. The van der Waals surface area contributed by atoms with Gasteiger partial charge in [0.25, 0.3) is 0 Å². The fourth-order valence-corrected chi connectivity index (χ4v) is 1.54. The first-order valence-corrected chi connectivity index (χ1v) is 5.19. The topological polar surface area (TPSA) is 38.3 Å². The van der Waals surface area contributed by atoms with E-state index < -0.39 is 0 Å². The van der Waals surface area contributed by atoms with Gasteiger partial charge < -0.3 is 10.1 Å². The fraction of sp³-hybridized carbons (Fsp3) is 0.300. The van der Waals surface area contributed by atoms with Crippen LogP contribution in [0.15, 0.2) is 22.7 Å². The van der Waals surface area contributed by atoms with Gasteiger partial charge in [-0.3, -0.25) is 4.79 Å². The van der Waals surface area contributed by atoms with E-state index in [9.17, 15) is 9.18 Å². The molecule has 0 saturated carbocycles. The number of carbonyl (C=O) groups excluding carboxylic acids is 1. The molecule has 0 radical (unpaired) electrons. The van der Waals surface area contributed by atoms with Crippen LogP contribution in [0.1, 0.15) is 6.42 Å². The maximum Gasteiger partial charge on any atom is 0.307 e. The molecule has 1 aromatic carbocycles. The molecule has 0 aliphatic heterocycles. The number of hydrogen-bond donors (Lipinski definition) is 1. The normalized spacial score (nSPS) is 9.80. The minimum absolute atomic E-state index is 0.206. The summed E-state index contributed by atoms with van der Waals surface area (Å²) < 4.78 is 18.3. The summed E-state index contributed by atoms with van der Waals surface area (Å²) >= 11 is 3.21. The molecule has 1 aromatic rings. The average molecular weight is 276 g/mol. The summed E-state index contributed by atoms with van der Waals surface area (Å²) in [6.07, 6.45) is 0.206. The number of ether oxygens (including phenoxy) is 1. The number of rotatable bonds is 4. The Morgan fingerprint density at radius 2 is 2.33 bits per heavy atom. The van der Waals surface area contributed by atoms with Crippen molar-refractivity contribution in [1.82, 2.24) is 0 Å². The number of anilines is 1. The number of nitrogens with one attached hydrogen (secondary N) is 1. The number of hydrogen-bond acceptors (Lipinski definition) is 3. The third kappa shape index (κ3) is 3.51. The van der Waals surface area contributed by atoms with Crippen molar-refractivity contribution in [3.8, 4) is 0 Å². The second-order valence-electron chi connectivity index (χ2n) is 2.85. The molecule has 0 heterocycles. The highest BCUT2D eigenvalue weighted by Crippen LogP contribution is 2.24. The smallest absolute Gasteiger partial charge is 0.307 e. The van der Waals surface area contributed by atoms with Crippen molar-refractivity contribution in [2.24, 2.45) is 0 Å². The van der Waals surface area contributed by atoms with Gasteiger partial charge in [0.2, 0.25) is 0 Å². The van der Waals surface area contributed by atoms with E-state index >= 15 is 0 Å². The largest absolute Gasteiger partial charge is 0.469 e. The third-order valence-electron chi connectivity index (χ3n) is 1.82. The van der Waals surface area contributed by atoms with Crippen molar-refractivity contribution < 1.29 is 13.9 Å². The highest BCUT2D eigenvalue weighted by molar-refractivity contribution is 9.10. The lowest BCUT2D eigenvalue weighted by atomic mass is 10.3. The molecule has 0 aliphatic rings. The molecule has 0 unspecified atom stereocenters. The van der Waals surface area contributed by atoms with Gasteiger partial charge in [0.15, 0.2) is 0 Å². The van der Waals surface area contributed by atoms with E-state index in [1.54, 1.807) is 12.1 Å². The highest BCUT2D eigenvalue weighted by Gasteiger charge is 2.06. The predicted molar refractivity (Wildman–Crippen MR) is 59.2 cm³/mol. The minimum Gasteiger partial charge on any atom is -0.469 e. The second kappa shape index (κ2) is 5.70. The van der Waals surface area contributed by atoms with Gasteiger partial charge in [-0.2, -0.15) is 0 Å². The van der Waals surface area contributed by atoms with E-state index in [1.165, 1.54) is 13.2 Å². The molecule has 0 saturated heterocycles. The molecule has 0 fully saturated rings. The molecular formula is C10H11BrFNO2. The zero-order valence-electron chi connectivity index (χ0n) is 8.22. The van der Waals surface area contributed by atoms with Gasteiger partial charge in [-0.1, -0.05) is 6.07 Å². The van der Waals surface area contributed by atoms with Crippen LogP contribution < -0.4 is 5.32 Å². The number of benzene rings is 1. The van der Waals surface area contributed by atoms with Crippen molar-refractivity contribution >= 4 is 27.6 Å². The van der Waals surface area contributed by atoms with Crippen LogP contribution >= 0.6 is 15.9 Å². The molecule has 0 bridgehead atoms. The van der Waals surface area contributed by atoms with Crippen molar-refractivity contribution in [2.45, 2.75) is 6.42 Å². The molecule has 0 aromatic heterocycles. The van der Waals surface area contributed by atoms with Gasteiger partial charge in [0, 0.05) is 11.0 Å². The van der Waals surface area contributed by atoms with Crippen molar-refractivity contribution in [2.75, 3.05) is 19.0 Å². The average Bonchev–Trinajstić information content (AvgIpc) is 2.22. The number of esters is 1. The van der Waals surface area contributed by atoms with Crippen molar-refractivity contribution in [3.05, 3.63) is 28.5 Å². The van der Waals surface area contributed by atoms with Crippen molar-refractivity contribution in [3.63, 3.8) is 0 Å². The predicted octanol–water partition coefficient (Wildman–Crippen LogP) is 2.56.